The summed E-state index contributed by atoms with van der Waals surface area (Å²) >= 11 is 0. The van der Waals surface area contributed by atoms with Crippen LogP contribution in [0.4, 0.5) is 17.1 Å². The fourth-order valence-electron chi connectivity index (χ4n) is 3.25. The van der Waals surface area contributed by atoms with E-state index in [0.29, 0.717) is 23.6 Å². The first-order valence-corrected chi connectivity index (χ1v) is 12.2. The number of nitrogens with zero attached hydrogens (tertiary/aromatic N) is 1. The van der Waals surface area contributed by atoms with Crippen molar-refractivity contribution in [2.24, 2.45) is 0 Å². The van der Waals surface area contributed by atoms with Crippen LogP contribution in [0, 0.1) is 17.0 Å². The van der Waals surface area contributed by atoms with E-state index in [2.05, 4.69) is 10.0 Å². The monoisotopic (exact) mass is 499 g/mol. The molecule has 3 aromatic rings. The number of hydrogen-bond acceptors (Lipinski definition) is 7. The minimum atomic E-state index is -3.97. The summed E-state index contributed by atoms with van der Waals surface area (Å²) in [5.74, 6) is 0.0341. The van der Waals surface area contributed by atoms with Crippen molar-refractivity contribution in [1.29, 1.82) is 0 Å². The van der Waals surface area contributed by atoms with Crippen LogP contribution in [0.1, 0.15) is 29.8 Å². The van der Waals surface area contributed by atoms with Crippen LogP contribution in [0.3, 0.4) is 0 Å². The number of nitrogens with one attached hydrogen (secondary N) is 2. The second-order valence-electron chi connectivity index (χ2n) is 7.37. The fourth-order valence-corrected chi connectivity index (χ4v) is 4.58. The van der Waals surface area contributed by atoms with Crippen LogP contribution >= 0.6 is 0 Å². The molecular weight excluding hydrogens is 474 g/mol. The zero-order valence-corrected chi connectivity index (χ0v) is 20.2. The Labute approximate surface area is 203 Å². The van der Waals surface area contributed by atoms with Gasteiger partial charge in [-0.3, -0.25) is 19.6 Å². The first-order valence-electron chi connectivity index (χ1n) is 10.7. The van der Waals surface area contributed by atoms with Gasteiger partial charge >= 0.3 is 5.69 Å². The number of aryl methyl sites for hydroxylation is 1. The summed E-state index contributed by atoms with van der Waals surface area (Å²) in [7, 11) is -3.97. The lowest BCUT2D eigenvalue weighted by Crippen LogP contribution is -2.16. The Morgan fingerprint density at radius 2 is 1.60 bits per heavy atom. The Balaban J connectivity index is 1.83. The molecule has 0 aliphatic carbocycles. The molecule has 0 aliphatic heterocycles. The molecular formula is C24H25N3O7S. The van der Waals surface area contributed by atoms with Crippen molar-refractivity contribution in [3.8, 4) is 11.5 Å². The Kier molecular flexibility index (Phi) is 7.92. The lowest BCUT2D eigenvalue weighted by atomic mass is 10.1. The van der Waals surface area contributed by atoms with E-state index in [-0.39, 0.29) is 34.2 Å². The number of amides is 1. The van der Waals surface area contributed by atoms with Gasteiger partial charge in [-0.2, -0.15) is 0 Å². The molecule has 11 heteroatoms. The van der Waals surface area contributed by atoms with E-state index in [0.717, 1.165) is 6.07 Å². The summed E-state index contributed by atoms with van der Waals surface area (Å²) in [5.41, 5.74) is 0.718. The van der Waals surface area contributed by atoms with Gasteiger partial charge in [-0.05, 0) is 74.9 Å². The third kappa shape index (κ3) is 6.27. The van der Waals surface area contributed by atoms with Gasteiger partial charge in [0.15, 0.2) is 5.75 Å². The molecule has 184 valence electrons. The Morgan fingerprint density at radius 3 is 2.23 bits per heavy atom. The number of ether oxygens (including phenoxy) is 2. The van der Waals surface area contributed by atoms with Crippen molar-refractivity contribution in [2.45, 2.75) is 25.7 Å². The smallest absolute Gasteiger partial charge is 0.311 e. The maximum Gasteiger partial charge on any atom is 0.311 e. The molecule has 0 aromatic heterocycles. The lowest BCUT2D eigenvalue weighted by Gasteiger charge is -2.13. The number of anilines is 2. The minimum absolute atomic E-state index is 0.0256. The molecule has 0 heterocycles. The molecule has 3 aromatic carbocycles. The van der Waals surface area contributed by atoms with Crippen LogP contribution in [0.5, 0.6) is 11.5 Å². The minimum Gasteiger partial charge on any atom is -0.494 e. The summed E-state index contributed by atoms with van der Waals surface area (Å²) in [6, 6.07) is 14.8. The maximum absolute atomic E-state index is 13.0. The second kappa shape index (κ2) is 10.9. The van der Waals surface area contributed by atoms with Gasteiger partial charge in [0.2, 0.25) is 0 Å². The van der Waals surface area contributed by atoms with Crippen LogP contribution in [0.25, 0.3) is 0 Å². The molecule has 0 spiro atoms. The number of carbonyl (C=O) groups is 1. The highest BCUT2D eigenvalue weighted by Crippen LogP contribution is 2.29. The van der Waals surface area contributed by atoms with E-state index in [4.69, 9.17) is 9.47 Å². The third-order valence-electron chi connectivity index (χ3n) is 4.87. The standard InChI is InChI=1S/C24H25N3O7S/c1-4-33-20-11-9-18(10-12-20)26-35(31,32)23-15-19(8-6-16(23)3)25-24(28)17-7-13-22(34-5-2)21(14-17)27(29)30/h6-15,26H,4-5H2,1-3H3,(H,25,28). The first kappa shape index (κ1) is 25.5. The zero-order valence-electron chi connectivity index (χ0n) is 19.4. The molecule has 0 fully saturated rings. The van der Waals surface area contributed by atoms with Gasteiger partial charge in [0.05, 0.1) is 23.0 Å². The predicted octanol–water partition coefficient (Wildman–Crippen LogP) is 4.75. The van der Waals surface area contributed by atoms with Crippen molar-refractivity contribution in [3.63, 3.8) is 0 Å². The molecule has 0 atom stereocenters. The largest absolute Gasteiger partial charge is 0.494 e. The Hall–Kier alpha value is -4.12. The molecule has 0 bridgehead atoms. The summed E-state index contributed by atoms with van der Waals surface area (Å²) in [6.07, 6.45) is 0. The van der Waals surface area contributed by atoms with Crippen molar-refractivity contribution < 1.29 is 27.6 Å². The van der Waals surface area contributed by atoms with Gasteiger partial charge in [-0.15, -0.1) is 0 Å². The van der Waals surface area contributed by atoms with Gasteiger partial charge in [-0.1, -0.05) is 6.07 Å². The molecule has 0 saturated heterocycles. The van der Waals surface area contributed by atoms with Gasteiger partial charge in [0.25, 0.3) is 15.9 Å². The van der Waals surface area contributed by atoms with Crippen LogP contribution in [-0.4, -0.2) is 32.5 Å². The van der Waals surface area contributed by atoms with Crippen LogP contribution in [0.2, 0.25) is 0 Å². The number of benzene rings is 3. The number of sulfonamides is 1. The molecule has 0 saturated carbocycles. The Morgan fingerprint density at radius 1 is 0.943 bits per heavy atom. The van der Waals surface area contributed by atoms with Gasteiger partial charge in [0.1, 0.15) is 5.75 Å². The third-order valence-corrected chi connectivity index (χ3v) is 6.39. The molecule has 0 radical (unpaired) electrons. The summed E-state index contributed by atoms with van der Waals surface area (Å²) in [4.78, 5) is 23.4. The van der Waals surface area contributed by atoms with E-state index in [1.807, 2.05) is 6.92 Å². The van der Waals surface area contributed by atoms with Gasteiger partial charge < -0.3 is 14.8 Å². The van der Waals surface area contributed by atoms with Gasteiger partial charge in [0, 0.05) is 23.0 Å². The van der Waals surface area contributed by atoms with E-state index < -0.39 is 20.9 Å². The highest BCUT2D eigenvalue weighted by atomic mass is 32.2. The van der Waals surface area contributed by atoms with E-state index in [9.17, 15) is 23.3 Å². The van der Waals surface area contributed by atoms with Crippen molar-refractivity contribution in [1.82, 2.24) is 0 Å². The fraction of sp³-hybridized carbons (Fsp3) is 0.208. The molecule has 0 unspecified atom stereocenters. The zero-order chi connectivity index (χ0) is 25.6. The number of carbonyl (C=O) groups excluding carboxylic acids is 1. The van der Waals surface area contributed by atoms with E-state index >= 15 is 0 Å². The van der Waals surface area contributed by atoms with Crippen molar-refractivity contribution in [3.05, 3.63) is 81.9 Å². The molecule has 0 aliphatic rings. The average Bonchev–Trinajstić information content (AvgIpc) is 2.81. The average molecular weight is 500 g/mol. The topological polar surface area (TPSA) is 137 Å². The second-order valence-corrected chi connectivity index (χ2v) is 9.02. The summed E-state index contributed by atoms with van der Waals surface area (Å²) < 4.78 is 39.1. The highest BCUT2D eigenvalue weighted by molar-refractivity contribution is 7.92. The van der Waals surface area contributed by atoms with E-state index in [1.165, 1.54) is 18.2 Å². The van der Waals surface area contributed by atoms with Crippen LogP contribution < -0.4 is 19.5 Å². The SMILES string of the molecule is CCOc1ccc(NS(=O)(=O)c2cc(NC(=O)c3ccc(OCC)c([N+](=O)[O-])c3)ccc2C)cc1. The lowest BCUT2D eigenvalue weighted by molar-refractivity contribution is -0.385. The van der Waals surface area contributed by atoms with Crippen LogP contribution in [0.15, 0.2) is 65.6 Å². The maximum atomic E-state index is 13.0. The van der Waals surface area contributed by atoms with Crippen molar-refractivity contribution in [2.75, 3.05) is 23.3 Å². The predicted molar refractivity (Wildman–Crippen MR) is 132 cm³/mol. The number of hydrogen-bond donors (Lipinski definition) is 2. The molecule has 10 nitrogen and oxygen atoms in total. The number of nitro groups is 1. The Bertz CT molecular complexity index is 1340. The molecule has 2 N–H and O–H groups in total. The van der Waals surface area contributed by atoms with E-state index in [1.54, 1.807) is 50.2 Å². The number of rotatable bonds is 10. The van der Waals surface area contributed by atoms with Gasteiger partial charge in [-0.25, -0.2) is 8.42 Å². The quantitative estimate of drug-likeness (QED) is 0.303. The molecule has 35 heavy (non-hydrogen) atoms. The van der Waals surface area contributed by atoms with Crippen LogP contribution in [-0.2, 0) is 10.0 Å². The summed E-state index contributed by atoms with van der Waals surface area (Å²) in [5, 5.41) is 13.9. The molecule has 3 rings (SSSR count). The highest BCUT2D eigenvalue weighted by Gasteiger charge is 2.21. The normalized spacial score (nSPS) is 10.9. The van der Waals surface area contributed by atoms with Crippen molar-refractivity contribution >= 4 is 33.0 Å². The molecule has 1 amide bonds. The first-order chi connectivity index (χ1) is 16.6. The number of nitro benzene ring substituents is 1. The summed E-state index contributed by atoms with van der Waals surface area (Å²) in [6.45, 7) is 5.90.